The van der Waals surface area contributed by atoms with Crippen molar-refractivity contribution in [2.45, 2.75) is 57.7 Å². The average Bonchev–Trinajstić information content (AvgIpc) is 3.10. The van der Waals surface area contributed by atoms with Gasteiger partial charge in [0.25, 0.3) is 5.91 Å². The molecule has 3 heterocycles. The van der Waals surface area contributed by atoms with E-state index in [-0.39, 0.29) is 29.5 Å². The minimum Gasteiger partial charge on any atom is -0.494 e. The summed E-state index contributed by atoms with van der Waals surface area (Å²) < 4.78 is 11.9. The smallest absolute Gasteiger partial charge is 0.290 e. The molecule has 3 aliphatic rings. The zero-order chi connectivity index (χ0) is 22.1. The first-order chi connectivity index (χ1) is 15.7. The molecule has 0 spiro atoms. The highest BCUT2D eigenvalue weighted by Crippen LogP contribution is 2.47. The van der Waals surface area contributed by atoms with E-state index in [9.17, 15) is 9.59 Å². The van der Waals surface area contributed by atoms with Crippen LogP contribution in [0.3, 0.4) is 0 Å². The molecule has 0 radical (unpaired) electrons. The topological polar surface area (TPSA) is 68.7 Å². The zero-order valence-electron chi connectivity index (χ0n) is 18.3. The quantitative estimate of drug-likeness (QED) is 0.678. The fraction of sp³-hybridized carbons (Fsp3) is 0.423. The molecule has 1 fully saturated rings. The number of rotatable bonds is 6. The van der Waals surface area contributed by atoms with Crippen LogP contribution in [0.5, 0.6) is 5.75 Å². The fourth-order valence-corrected chi connectivity index (χ4v) is 5.05. The highest BCUT2D eigenvalue weighted by atomic mass is 16.5. The zero-order valence-corrected chi connectivity index (χ0v) is 18.3. The van der Waals surface area contributed by atoms with E-state index in [1.165, 1.54) is 0 Å². The average molecular weight is 433 g/mol. The van der Waals surface area contributed by atoms with Crippen LogP contribution in [0.1, 0.15) is 56.2 Å². The summed E-state index contributed by atoms with van der Waals surface area (Å²) in [6.45, 7) is 3.11. The van der Waals surface area contributed by atoms with Gasteiger partial charge >= 0.3 is 0 Å². The molecule has 0 bridgehead atoms. The summed E-state index contributed by atoms with van der Waals surface area (Å²) in [5.41, 5.74) is 2.38. The molecule has 1 aromatic carbocycles. The molecule has 3 atom stereocenters. The first kappa shape index (κ1) is 20.7. The number of carbonyl (C=O) groups excluding carboxylic acids is 2. The summed E-state index contributed by atoms with van der Waals surface area (Å²) in [6.07, 6.45) is 7.92. The molecule has 5 rings (SSSR count). The molecule has 6 nitrogen and oxygen atoms in total. The van der Waals surface area contributed by atoms with Gasteiger partial charge in [0.15, 0.2) is 11.5 Å². The van der Waals surface area contributed by atoms with Crippen molar-refractivity contribution in [2.24, 2.45) is 5.92 Å². The molecule has 166 valence electrons. The number of Topliss-reactive ketones (excluding diaryl/α,β-unsaturated/α-hetero) is 1. The monoisotopic (exact) mass is 432 g/mol. The van der Waals surface area contributed by atoms with Crippen LogP contribution in [0.4, 0.5) is 0 Å². The molecule has 3 unspecified atom stereocenters. The molecule has 1 aromatic heterocycles. The van der Waals surface area contributed by atoms with Gasteiger partial charge in [-0.25, -0.2) is 0 Å². The van der Waals surface area contributed by atoms with Gasteiger partial charge in [-0.1, -0.05) is 25.5 Å². The lowest BCUT2D eigenvalue weighted by Crippen LogP contribution is -2.39. The number of pyridine rings is 1. The second-order valence-electron chi connectivity index (χ2n) is 8.76. The second-order valence-corrected chi connectivity index (χ2v) is 8.76. The van der Waals surface area contributed by atoms with Crippen molar-refractivity contribution in [1.29, 1.82) is 0 Å². The lowest BCUT2D eigenvalue weighted by Gasteiger charge is -2.35. The van der Waals surface area contributed by atoms with Crippen LogP contribution < -0.4 is 4.74 Å². The van der Waals surface area contributed by atoms with Crippen molar-refractivity contribution in [3.8, 4) is 5.75 Å². The molecule has 32 heavy (non-hydrogen) atoms. The Balaban J connectivity index is 1.53. The van der Waals surface area contributed by atoms with E-state index in [1.54, 1.807) is 17.3 Å². The Kier molecular flexibility index (Phi) is 5.68. The van der Waals surface area contributed by atoms with Gasteiger partial charge in [0.2, 0.25) is 0 Å². The normalized spacial score (nSPS) is 24.8. The van der Waals surface area contributed by atoms with Gasteiger partial charge in [-0.2, -0.15) is 0 Å². The molecule has 1 aliphatic carbocycles. The van der Waals surface area contributed by atoms with Gasteiger partial charge in [-0.15, -0.1) is 0 Å². The van der Waals surface area contributed by atoms with E-state index < -0.39 is 6.04 Å². The highest BCUT2D eigenvalue weighted by Gasteiger charge is 2.51. The first-order valence-corrected chi connectivity index (χ1v) is 11.5. The molecule has 0 N–H and O–H groups in total. The van der Waals surface area contributed by atoms with Crippen LogP contribution in [0.15, 0.2) is 60.1 Å². The summed E-state index contributed by atoms with van der Waals surface area (Å²) in [5, 5.41) is 0. The van der Waals surface area contributed by atoms with Crippen molar-refractivity contribution in [3.05, 3.63) is 71.3 Å². The van der Waals surface area contributed by atoms with Gasteiger partial charge in [0.05, 0.1) is 24.1 Å². The third-order valence-corrected chi connectivity index (χ3v) is 6.63. The van der Waals surface area contributed by atoms with E-state index in [0.29, 0.717) is 18.7 Å². The number of fused-ring (bicyclic) bond motifs is 1. The molecule has 0 saturated heterocycles. The third-order valence-electron chi connectivity index (χ3n) is 6.63. The van der Waals surface area contributed by atoms with E-state index >= 15 is 0 Å². The Bertz CT molecular complexity index is 1030. The van der Waals surface area contributed by atoms with Crippen LogP contribution in [0.25, 0.3) is 0 Å². The minimum absolute atomic E-state index is 0.0813. The number of hydrogen-bond acceptors (Lipinski definition) is 5. The number of aromatic nitrogens is 1. The van der Waals surface area contributed by atoms with Crippen LogP contribution in [0.2, 0.25) is 0 Å². The number of ether oxygens (including phenoxy) is 2. The molecule has 2 aliphatic heterocycles. The summed E-state index contributed by atoms with van der Waals surface area (Å²) in [4.78, 5) is 33.0. The van der Waals surface area contributed by atoms with Crippen molar-refractivity contribution in [3.63, 3.8) is 0 Å². The Morgan fingerprint density at radius 2 is 1.81 bits per heavy atom. The number of hydrogen-bond donors (Lipinski definition) is 0. The fourth-order valence-electron chi connectivity index (χ4n) is 5.05. The van der Waals surface area contributed by atoms with Crippen LogP contribution in [0, 0.1) is 5.92 Å². The Labute approximate surface area is 188 Å². The maximum Gasteiger partial charge on any atom is 0.290 e. The van der Waals surface area contributed by atoms with Crippen molar-refractivity contribution < 1.29 is 19.1 Å². The lowest BCUT2D eigenvalue weighted by molar-refractivity contribution is -0.135. The summed E-state index contributed by atoms with van der Waals surface area (Å²) in [7, 11) is 0. The predicted octanol–water partition coefficient (Wildman–Crippen LogP) is 4.37. The number of carbonyl (C=O) groups is 2. The molecular formula is C26H28N2O4. The maximum absolute atomic E-state index is 13.6. The van der Waals surface area contributed by atoms with Gasteiger partial charge in [-0.3, -0.25) is 14.6 Å². The van der Waals surface area contributed by atoms with Gasteiger partial charge in [0, 0.05) is 18.9 Å². The van der Waals surface area contributed by atoms with E-state index in [1.807, 2.05) is 36.4 Å². The van der Waals surface area contributed by atoms with E-state index in [0.717, 1.165) is 49.0 Å². The summed E-state index contributed by atoms with van der Waals surface area (Å²) in [6, 6.07) is 11.1. The van der Waals surface area contributed by atoms with Crippen LogP contribution >= 0.6 is 0 Å². The molecule has 1 saturated carbocycles. The van der Waals surface area contributed by atoms with Crippen LogP contribution in [-0.2, 0) is 20.9 Å². The summed E-state index contributed by atoms with van der Waals surface area (Å²) in [5.74, 6) is 0.770. The van der Waals surface area contributed by atoms with Crippen molar-refractivity contribution >= 4 is 11.7 Å². The molecule has 6 heteroatoms. The second kappa shape index (κ2) is 8.77. The Hall–Kier alpha value is -3.15. The maximum atomic E-state index is 13.6. The number of amides is 1. The molecular weight excluding hydrogens is 404 g/mol. The minimum atomic E-state index is -0.457. The summed E-state index contributed by atoms with van der Waals surface area (Å²) >= 11 is 0. The Morgan fingerprint density at radius 1 is 1.06 bits per heavy atom. The third kappa shape index (κ3) is 3.68. The predicted molar refractivity (Wildman–Crippen MR) is 119 cm³/mol. The lowest BCUT2D eigenvalue weighted by atomic mass is 9.77. The van der Waals surface area contributed by atoms with E-state index in [4.69, 9.17) is 9.47 Å². The Morgan fingerprint density at radius 3 is 2.56 bits per heavy atom. The van der Waals surface area contributed by atoms with Gasteiger partial charge < -0.3 is 14.4 Å². The number of ketones is 1. The van der Waals surface area contributed by atoms with Crippen molar-refractivity contribution in [2.75, 3.05) is 6.61 Å². The molecule has 1 amide bonds. The van der Waals surface area contributed by atoms with Crippen LogP contribution in [-0.4, -0.2) is 34.3 Å². The standard InChI is InChI=1S/C26H28N2O4/c1-2-15-31-19-9-7-18(8-10-19)23-22-24(29)20-5-3-4-6-21(20)32-25(22)26(30)28(23)16-17-11-13-27-14-12-17/h7-14,20-21,23H,2-6,15-16H2,1H3. The largest absolute Gasteiger partial charge is 0.494 e. The van der Waals surface area contributed by atoms with Gasteiger partial charge in [-0.05, 0) is 61.1 Å². The van der Waals surface area contributed by atoms with E-state index in [2.05, 4.69) is 11.9 Å². The molecule has 2 aromatic rings. The SMILES string of the molecule is CCCOc1ccc(C2C3=C(OC4CCCCC4C3=O)C(=O)N2Cc2ccncc2)cc1. The number of benzene rings is 1. The van der Waals surface area contributed by atoms with Crippen molar-refractivity contribution in [1.82, 2.24) is 9.88 Å². The first-order valence-electron chi connectivity index (χ1n) is 11.5. The highest BCUT2D eigenvalue weighted by molar-refractivity contribution is 6.11. The van der Waals surface area contributed by atoms with Gasteiger partial charge in [0.1, 0.15) is 11.9 Å². The number of nitrogens with zero attached hydrogens (tertiary/aromatic N) is 2.